The van der Waals surface area contributed by atoms with E-state index >= 15 is 0 Å². The normalized spacial score (nSPS) is 9.54. The number of nitrogens with one attached hydrogen (secondary N) is 1. The molecule has 0 aliphatic heterocycles. The van der Waals surface area contributed by atoms with Crippen molar-refractivity contribution in [1.29, 1.82) is 0 Å². The predicted molar refractivity (Wildman–Crippen MR) is 333 cm³/mol. The van der Waals surface area contributed by atoms with Gasteiger partial charge in [-0.25, -0.2) is 4.99 Å². The van der Waals surface area contributed by atoms with Gasteiger partial charge in [0.25, 0.3) is 29.2 Å². The summed E-state index contributed by atoms with van der Waals surface area (Å²) in [6, 6.07) is 7.83. The number of rotatable bonds is 12. The van der Waals surface area contributed by atoms with Crippen molar-refractivity contribution in [3.05, 3.63) is 157 Å². The number of hydrogen-bond donors (Lipinski definition) is 3. The number of nitro groups is 4. The quantitative estimate of drug-likeness (QED) is 0.0233. The number of nitrogens with zero attached hydrogens (tertiary/aromatic N) is 12. The molecule has 5 rings (SSSR count). The van der Waals surface area contributed by atoms with Crippen LogP contribution >= 0.6 is 15.9 Å². The Hall–Kier alpha value is -5.20. The molecule has 0 saturated heterocycles. The van der Waals surface area contributed by atoms with Crippen LogP contribution in [0.3, 0.4) is 0 Å². The van der Waals surface area contributed by atoms with Gasteiger partial charge < -0.3 is 38.2 Å². The van der Waals surface area contributed by atoms with Gasteiger partial charge >= 0.3 is 103 Å². The average molecular weight is 1330 g/mol. The van der Waals surface area contributed by atoms with Gasteiger partial charge in [0.1, 0.15) is 38.9 Å². The number of aliphatic imine (C=N–C) groups is 1. The van der Waals surface area contributed by atoms with Crippen molar-refractivity contribution >= 4 is 72.9 Å². The van der Waals surface area contributed by atoms with Gasteiger partial charge in [-0.15, -0.1) is 23.9 Å². The number of carbonyl (C=O) groups is 1. The van der Waals surface area contributed by atoms with E-state index in [2.05, 4.69) is 123 Å². The molecule has 0 fully saturated rings. The molecule has 5 aromatic rings. The van der Waals surface area contributed by atoms with Crippen LogP contribution in [0.25, 0.3) is 0 Å². The van der Waals surface area contributed by atoms with Gasteiger partial charge in [-0.3, -0.25) is 70.2 Å². The molecule has 0 spiro atoms. The molecule has 452 valence electrons. The molecule has 0 bridgehead atoms. The third-order valence-corrected chi connectivity index (χ3v) is 11.5. The fourth-order valence-electron chi connectivity index (χ4n) is 5.04. The van der Waals surface area contributed by atoms with Gasteiger partial charge in [0.2, 0.25) is 0 Å². The Morgan fingerprint density at radius 3 is 1.31 bits per heavy atom. The second-order valence-corrected chi connectivity index (χ2v) is 30.2. The van der Waals surface area contributed by atoms with Gasteiger partial charge in [0.05, 0.1) is 31.1 Å². The van der Waals surface area contributed by atoms with E-state index < -0.39 is 30.9 Å². The number of likely N-dealkylation sites (N-methyl/N-ethyl adjacent to an activating group) is 2. The van der Waals surface area contributed by atoms with Crippen LogP contribution in [-0.4, -0.2) is 138 Å². The Bertz CT molecular complexity index is 3090. The van der Waals surface area contributed by atoms with Gasteiger partial charge in [-0.1, -0.05) is 51.1 Å². The zero-order valence-corrected chi connectivity index (χ0v) is 62.1. The molecule has 0 aromatic carbocycles. The van der Waals surface area contributed by atoms with Crippen LogP contribution in [0, 0.1) is 111 Å². The van der Waals surface area contributed by atoms with Crippen LogP contribution in [0.15, 0.2) is 70.8 Å². The SMILES string of the molecule is C#C[Si](C)(C)C.C#Cc1cnc(C)c([N+](=O)[O-])c1.CNC.Cc1ncc(Br)cc1[N+](=O)[O-].Cc1ncc(C#C[Si](C)(C)C)cc1[N+](=O)[O-].Cc1ncc(CCN(C)C)cc1N=C(N)N.Cc1ncc(CCN(C)C)cc1[N+](=O)[O-].O=CO[O-].[H-].[K+].[K+]. The first-order valence-electron chi connectivity index (χ1n) is 24.7. The summed E-state index contributed by atoms with van der Waals surface area (Å²) in [6.45, 7) is 22.8. The van der Waals surface area contributed by atoms with Gasteiger partial charge in [0.15, 0.2) is 5.96 Å². The number of aromatic nitrogens is 5. The topological polar surface area (TPSA) is 369 Å². The standard InChI is InChI=1S/C11H19N5.C11H14N2O2Si.C10H15N3O2.C8H6N2O2.C6H5BrN2O2.C5H10Si.C2H7N.CH2O3.2K.H/c1-8-10(15-11(12)13)6-9(7-14-8)4-5-16(2)3;1-9-11(13(14)15)7-10(8-12-9)5-6-16(2,3)4;1-8-10(13(14)15)6-9(7-11-8)4-5-12(2)3;1-3-7-4-8(10(11)12)6(2)9-5-7;1-4-6(9(10)11)2-5(7)3-8-4;1-5-6(2,3)4;1-3-2;2-1-4-3;;;/h6-7H,4-5H2,1-3H3,(H4,12,13,15);7-8H,1-4H3;6-7H,4-5H2,1-3H3;1,4-5H,2H3;2-3H,1H3;1H,2-4H3;3H,1-2H3;1,3H;;;/q;;;;;;;;2*+1;-1/p-1. The second kappa shape index (κ2) is 47.9. The van der Waals surface area contributed by atoms with Crippen LogP contribution in [0.2, 0.25) is 39.3 Å². The summed E-state index contributed by atoms with van der Waals surface area (Å²) in [7, 11) is 9.21. The molecule has 85 heavy (non-hydrogen) atoms. The number of terminal acetylenes is 2. The number of nitrogens with two attached hydrogens (primary N) is 2. The number of hydrogen-bond acceptors (Lipinski definition) is 20. The molecule has 5 aromatic heterocycles. The van der Waals surface area contributed by atoms with E-state index in [0.29, 0.717) is 38.4 Å². The minimum Gasteiger partial charge on any atom is -1.00 e. The van der Waals surface area contributed by atoms with E-state index in [9.17, 15) is 40.5 Å². The average Bonchev–Trinajstić information content (AvgIpc) is 3.51. The molecule has 0 saturated carbocycles. The van der Waals surface area contributed by atoms with Crippen molar-refractivity contribution in [2.75, 3.05) is 55.4 Å². The van der Waals surface area contributed by atoms with Crippen molar-refractivity contribution in [3.63, 3.8) is 0 Å². The summed E-state index contributed by atoms with van der Waals surface area (Å²) < 4.78 is 0.620. The van der Waals surface area contributed by atoms with E-state index in [4.69, 9.17) is 34.4 Å². The Balaban J connectivity index is -0.000000220. The molecule has 26 nitrogen and oxygen atoms in total. The van der Waals surface area contributed by atoms with Crippen LogP contribution in [0.5, 0.6) is 0 Å². The third kappa shape index (κ3) is 44.8. The molecular weight excluding hydrogens is 1250 g/mol. The fraction of sp³-hybridized carbons (Fsp3) is 0.389. The zero-order valence-electron chi connectivity index (χ0n) is 53.2. The number of aryl methyl sites for hydroxylation is 5. The second-order valence-electron chi connectivity index (χ2n) is 19.7. The van der Waals surface area contributed by atoms with Crippen LogP contribution in [0.1, 0.15) is 52.2 Å². The molecule has 0 amide bonds. The number of guanidine groups is 1. The molecule has 0 atom stereocenters. The van der Waals surface area contributed by atoms with E-state index in [1.165, 1.54) is 30.6 Å². The molecule has 0 aliphatic carbocycles. The van der Waals surface area contributed by atoms with Crippen molar-refractivity contribution in [1.82, 2.24) is 40.0 Å². The third-order valence-electron chi connectivity index (χ3n) is 9.33. The molecule has 5 heterocycles. The summed E-state index contributed by atoms with van der Waals surface area (Å²) in [5, 5.41) is 53.3. The van der Waals surface area contributed by atoms with Crippen molar-refractivity contribution in [3.8, 4) is 35.8 Å². The van der Waals surface area contributed by atoms with Crippen molar-refractivity contribution < 1.29 is 139 Å². The fourth-order valence-corrected chi connectivity index (χ4v) is 5.88. The van der Waals surface area contributed by atoms with E-state index in [1.54, 1.807) is 46.2 Å². The maximum Gasteiger partial charge on any atom is 1.00 e. The summed E-state index contributed by atoms with van der Waals surface area (Å²) in [6.07, 6.45) is 20.0. The van der Waals surface area contributed by atoms with E-state index in [-0.39, 0.29) is 144 Å². The van der Waals surface area contributed by atoms with Crippen LogP contribution in [-0.2, 0) is 22.5 Å². The smallest absolute Gasteiger partial charge is 1.00 e. The summed E-state index contributed by atoms with van der Waals surface area (Å²) in [4.78, 5) is 79.6. The number of halogens is 1. The first-order chi connectivity index (χ1) is 38.4. The molecule has 0 unspecified atom stereocenters. The first-order valence-corrected chi connectivity index (χ1v) is 32.4. The summed E-state index contributed by atoms with van der Waals surface area (Å²) >= 11 is 3.10. The molecular formula is C54H78BrK2N15O11Si2. The molecule has 5 N–H and O–H groups in total. The maximum atomic E-state index is 10.7. The minimum atomic E-state index is -1.46. The largest absolute Gasteiger partial charge is 1.00 e. The molecule has 0 radical (unpaired) electrons. The maximum absolute atomic E-state index is 10.7. The van der Waals surface area contributed by atoms with E-state index in [1.807, 2.05) is 66.4 Å². The van der Waals surface area contributed by atoms with Crippen molar-refractivity contribution in [2.45, 2.75) is 86.7 Å². The minimum absolute atomic E-state index is 0. The van der Waals surface area contributed by atoms with Crippen LogP contribution < -0.4 is 125 Å². The zero-order chi connectivity index (χ0) is 64.8. The number of carbonyl (C=O) groups excluding carboxylic acids is 1. The Kier molecular flexibility index (Phi) is 49.9. The Labute approximate surface area is 596 Å². The van der Waals surface area contributed by atoms with Gasteiger partial charge in [0, 0.05) is 83.9 Å². The summed E-state index contributed by atoms with van der Waals surface area (Å²) in [5.41, 5.74) is 23.1. The molecule has 31 heteroatoms. The Morgan fingerprint density at radius 2 is 0.976 bits per heavy atom. The predicted octanol–water partition coefficient (Wildman–Crippen LogP) is 1.56. The van der Waals surface area contributed by atoms with Gasteiger partial charge in [-0.05, 0) is 123 Å². The van der Waals surface area contributed by atoms with Gasteiger partial charge in [-0.2, -0.15) is 0 Å². The Morgan fingerprint density at radius 1 is 0.647 bits per heavy atom. The first kappa shape index (κ1) is 88.6. The molecule has 0 aliphatic rings. The van der Waals surface area contributed by atoms with E-state index in [0.717, 1.165) is 48.4 Å². The van der Waals surface area contributed by atoms with Crippen molar-refractivity contribution in [2.24, 2.45) is 16.5 Å². The number of pyridine rings is 5. The monoisotopic (exact) mass is 1330 g/mol. The van der Waals surface area contributed by atoms with Crippen LogP contribution in [0.4, 0.5) is 28.4 Å². The summed E-state index contributed by atoms with van der Waals surface area (Å²) in [5.74, 6) is 5.30.